The van der Waals surface area contributed by atoms with Crippen molar-refractivity contribution in [1.29, 1.82) is 0 Å². The lowest BCUT2D eigenvalue weighted by atomic mass is 10.2. The molecule has 134 valence electrons. The molecule has 2 aromatic rings. The van der Waals surface area contributed by atoms with E-state index in [2.05, 4.69) is 17.6 Å². The molecular weight excluding hydrogens is 336 g/mol. The highest BCUT2D eigenvalue weighted by atomic mass is 32.1. The first-order chi connectivity index (χ1) is 12.2. The number of thiocarbonyl (C=S) groups is 1. The standard InChI is InChI=1S/C19H24N2O3S/c1-2-3-4-7-12-24-17-11-6-5-10-16(17)18(22)21-19(25)20-14-15-9-8-13-23-15/h5-6,8-11,13H,2-4,7,12,14H2,1H3,(H2,20,21,22,25). The van der Waals surface area contributed by atoms with Crippen molar-refractivity contribution in [3.05, 3.63) is 54.0 Å². The van der Waals surface area contributed by atoms with E-state index in [-0.39, 0.29) is 11.0 Å². The number of amides is 1. The van der Waals surface area contributed by atoms with E-state index in [4.69, 9.17) is 21.4 Å². The Morgan fingerprint density at radius 1 is 1.16 bits per heavy atom. The van der Waals surface area contributed by atoms with Crippen LogP contribution in [-0.2, 0) is 6.54 Å². The molecule has 0 aliphatic heterocycles. The molecule has 1 aromatic heterocycles. The van der Waals surface area contributed by atoms with Gasteiger partial charge in [0.15, 0.2) is 5.11 Å². The molecule has 0 aliphatic rings. The second kappa shape index (κ2) is 10.5. The Kier molecular flexibility index (Phi) is 7.98. The van der Waals surface area contributed by atoms with Gasteiger partial charge in [-0.3, -0.25) is 10.1 Å². The molecule has 1 amide bonds. The van der Waals surface area contributed by atoms with Gasteiger partial charge in [0.25, 0.3) is 5.91 Å². The van der Waals surface area contributed by atoms with Crippen molar-refractivity contribution < 1.29 is 13.9 Å². The van der Waals surface area contributed by atoms with Crippen molar-refractivity contribution in [3.63, 3.8) is 0 Å². The van der Waals surface area contributed by atoms with Gasteiger partial charge in [-0.15, -0.1) is 0 Å². The first-order valence-corrected chi connectivity index (χ1v) is 8.95. The van der Waals surface area contributed by atoms with E-state index in [9.17, 15) is 4.79 Å². The number of benzene rings is 1. The minimum absolute atomic E-state index is 0.249. The molecule has 6 heteroatoms. The number of carbonyl (C=O) groups excluding carboxylic acids is 1. The summed E-state index contributed by atoms with van der Waals surface area (Å²) in [5, 5.41) is 5.86. The fourth-order valence-electron chi connectivity index (χ4n) is 2.29. The van der Waals surface area contributed by atoms with Gasteiger partial charge in [0, 0.05) is 0 Å². The number of para-hydroxylation sites is 1. The Hall–Kier alpha value is -2.34. The van der Waals surface area contributed by atoms with Crippen molar-refractivity contribution in [2.24, 2.45) is 0 Å². The van der Waals surface area contributed by atoms with Crippen molar-refractivity contribution >= 4 is 23.2 Å². The highest BCUT2D eigenvalue weighted by Crippen LogP contribution is 2.18. The lowest BCUT2D eigenvalue weighted by Gasteiger charge is -2.12. The zero-order valence-corrected chi connectivity index (χ0v) is 15.2. The minimum atomic E-state index is -0.291. The highest BCUT2D eigenvalue weighted by Gasteiger charge is 2.13. The van der Waals surface area contributed by atoms with Crippen LogP contribution in [0.5, 0.6) is 5.75 Å². The van der Waals surface area contributed by atoms with E-state index >= 15 is 0 Å². The van der Waals surface area contributed by atoms with E-state index in [0.29, 0.717) is 24.5 Å². The average Bonchev–Trinajstić information content (AvgIpc) is 3.13. The van der Waals surface area contributed by atoms with Crippen LogP contribution in [0.2, 0.25) is 0 Å². The SMILES string of the molecule is CCCCCCOc1ccccc1C(=O)NC(=S)NCc1ccco1. The first kappa shape index (κ1) is 19.0. The largest absolute Gasteiger partial charge is 0.493 e. The molecule has 1 aromatic carbocycles. The van der Waals surface area contributed by atoms with Crippen LogP contribution in [-0.4, -0.2) is 17.6 Å². The number of ether oxygens (including phenoxy) is 1. The second-order valence-corrected chi connectivity index (χ2v) is 6.03. The van der Waals surface area contributed by atoms with Gasteiger partial charge in [-0.1, -0.05) is 38.3 Å². The lowest BCUT2D eigenvalue weighted by molar-refractivity contribution is 0.0972. The van der Waals surface area contributed by atoms with Gasteiger partial charge in [-0.05, 0) is 42.9 Å². The van der Waals surface area contributed by atoms with Gasteiger partial charge in [-0.2, -0.15) is 0 Å². The minimum Gasteiger partial charge on any atom is -0.493 e. The molecule has 0 unspecified atom stereocenters. The van der Waals surface area contributed by atoms with Crippen molar-refractivity contribution in [1.82, 2.24) is 10.6 Å². The van der Waals surface area contributed by atoms with Crippen LogP contribution in [0.25, 0.3) is 0 Å². The van der Waals surface area contributed by atoms with Gasteiger partial charge in [0.2, 0.25) is 0 Å². The molecule has 25 heavy (non-hydrogen) atoms. The molecule has 0 radical (unpaired) electrons. The fourth-order valence-corrected chi connectivity index (χ4v) is 2.45. The lowest BCUT2D eigenvalue weighted by Crippen LogP contribution is -2.38. The number of carbonyl (C=O) groups is 1. The summed E-state index contributed by atoms with van der Waals surface area (Å²) >= 11 is 5.16. The summed E-state index contributed by atoms with van der Waals surface area (Å²) in [4.78, 5) is 12.4. The summed E-state index contributed by atoms with van der Waals surface area (Å²) in [5.74, 6) is 1.03. The van der Waals surface area contributed by atoms with Gasteiger partial charge in [0.05, 0.1) is 25.0 Å². The second-order valence-electron chi connectivity index (χ2n) is 5.62. The maximum absolute atomic E-state index is 12.4. The van der Waals surface area contributed by atoms with Crippen molar-refractivity contribution in [2.75, 3.05) is 6.61 Å². The van der Waals surface area contributed by atoms with E-state index in [1.54, 1.807) is 30.5 Å². The third kappa shape index (κ3) is 6.58. The molecule has 0 aliphatic carbocycles. The van der Waals surface area contributed by atoms with E-state index in [1.807, 2.05) is 12.1 Å². The summed E-state index contributed by atoms with van der Waals surface area (Å²) in [6.07, 6.45) is 6.08. The number of rotatable bonds is 9. The predicted molar refractivity (Wildman–Crippen MR) is 102 cm³/mol. The Morgan fingerprint density at radius 3 is 2.76 bits per heavy atom. The Morgan fingerprint density at radius 2 is 2.00 bits per heavy atom. The highest BCUT2D eigenvalue weighted by molar-refractivity contribution is 7.80. The molecule has 2 rings (SSSR count). The van der Waals surface area contributed by atoms with Crippen molar-refractivity contribution in [3.8, 4) is 5.75 Å². The molecule has 2 N–H and O–H groups in total. The Labute approximate surface area is 153 Å². The third-order valence-corrected chi connectivity index (χ3v) is 3.86. The van der Waals surface area contributed by atoms with E-state index < -0.39 is 0 Å². The summed E-state index contributed by atoms with van der Waals surface area (Å²) in [5.41, 5.74) is 0.472. The molecule has 0 bridgehead atoms. The van der Waals surface area contributed by atoms with E-state index in [0.717, 1.165) is 18.6 Å². The van der Waals surface area contributed by atoms with Crippen LogP contribution < -0.4 is 15.4 Å². The average molecular weight is 360 g/mol. The maximum atomic E-state index is 12.4. The molecule has 0 saturated heterocycles. The van der Waals surface area contributed by atoms with Crippen molar-refractivity contribution in [2.45, 2.75) is 39.2 Å². The van der Waals surface area contributed by atoms with Gasteiger partial charge in [-0.25, -0.2) is 0 Å². The van der Waals surface area contributed by atoms with Crippen LogP contribution in [0.4, 0.5) is 0 Å². The summed E-state index contributed by atoms with van der Waals surface area (Å²) in [7, 11) is 0. The smallest absolute Gasteiger partial charge is 0.261 e. The van der Waals surface area contributed by atoms with Gasteiger partial charge >= 0.3 is 0 Å². The predicted octanol–water partition coefficient (Wildman–Crippen LogP) is 4.04. The summed E-state index contributed by atoms with van der Waals surface area (Å²) in [6, 6.07) is 10.8. The number of unbranched alkanes of at least 4 members (excludes halogenated alkanes) is 3. The van der Waals surface area contributed by atoms with Gasteiger partial charge in [0.1, 0.15) is 11.5 Å². The third-order valence-electron chi connectivity index (χ3n) is 3.62. The van der Waals surface area contributed by atoms with Gasteiger partial charge < -0.3 is 14.5 Å². The quantitative estimate of drug-likeness (QED) is 0.522. The number of furan rings is 1. The van der Waals surface area contributed by atoms with Crippen LogP contribution >= 0.6 is 12.2 Å². The molecular formula is C19H24N2O3S. The topological polar surface area (TPSA) is 63.5 Å². The van der Waals surface area contributed by atoms with Crippen LogP contribution in [0, 0.1) is 0 Å². The zero-order valence-electron chi connectivity index (χ0n) is 14.4. The zero-order chi connectivity index (χ0) is 17.9. The summed E-state index contributed by atoms with van der Waals surface area (Å²) in [6.45, 7) is 3.19. The van der Waals surface area contributed by atoms with E-state index in [1.165, 1.54) is 12.8 Å². The Bertz CT molecular complexity index is 671. The number of nitrogens with one attached hydrogen (secondary N) is 2. The Balaban J connectivity index is 1.84. The molecule has 0 spiro atoms. The maximum Gasteiger partial charge on any atom is 0.261 e. The van der Waals surface area contributed by atoms with Crippen LogP contribution in [0.15, 0.2) is 47.1 Å². The van der Waals surface area contributed by atoms with Crippen LogP contribution in [0.1, 0.15) is 48.7 Å². The number of hydrogen-bond acceptors (Lipinski definition) is 4. The molecule has 0 fully saturated rings. The molecule has 5 nitrogen and oxygen atoms in total. The normalized spacial score (nSPS) is 10.3. The molecule has 1 heterocycles. The fraction of sp³-hybridized carbons (Fsp3) is 0.368. The molecule has 0 atom stereocenters. The number of hydrogen-bond donors (Lipinski definition) is 2. The van der Waals surface area contributed by atoms with Crippen LogP contribution in [0.3, 0.4) is 0 Å². The monoisotopic (exact) mass is 360 g/mol. The molecule has 0 saturated carbocycles. The first-order valence-electron chi connectivity index (χ1n) is 8.54. The summed E-state index contributed by atoms with van der Waals surface area (Å²) < 4.78 is 11.0.